The van der Waals surface area contributed by atoms with Crippen LogP contribution in [-0.4, -0.2) is 9.97 Å². The molecular weight excluding hydrogens is 737 g/mol. The third kappa shape index (κ3) is 5.50. The minimum absolute atomic E-state index is 0.599. The first kappa shape index (κ1) is 35.0. The molecule has 12 rings (SSSR count). The smallest absolute Gasteiger partial charge is 0.160 e. The highest BCUT2D eigenvalue weighted by atomic mass is 14.9. The molecule has 0 aliphatic heterocycles. The molecule has 1 spiro atoms. The fourth-order valence-electron chi connectivity index (χ4n) is 10.1. The van der Waals surface area contributed by atoms with E-state index in [0.29, 0.717) is 5.82 Å². The Kier molecular flexibility index (Phi) is 8.11. The van der Waals surface area contributed by atoms with Crippen molar-refractivity contribution in [2.75, 3.05) is 0 Å². The van der Waals surface area contributed by atoms with Crippen LogP contribution >= 0.6 is 0 Å². The molecule has 2 heteroatoms. The lowest BCUT2D eigenvalue weighted by atomic mass is 9.65. The lowest BCUT2D eigenvalue weighted by Gasteiger charge is -2.35. The van der Waals surface area contributed by atoms with Crippen molar-refractivity contribution < 1.29 is 0 Å². The van der Waals surface area contributed by atoms with Gasteiger partial charge in [-0.25, -0.2) is 9.97 Å². The molecular formula is C59H38N2. The number of hydrogen-bond donors (Lipinski definition) is 0. The van der Waals surface area contributed by atoms with Crippen LogP contribution in [0, 0.1) is 0 Å². The maximum atomic E-state index is 5.52. The van der Waals surface area contributed by atoms with Crippen molar-refractivity contribution in [3.05, 3.63) is 253 Å². The van der Waals surface area contributed by atoms with Crippen LogP contribution in [0.3, 0.4) is 0 Å². The van der Waals surface area contributed by atoms with Gasteiger partial charge in [0.15, 0.2) is 5.82 Å². The van der Waals surface area contributed by atoms with Gasteiger partial charge in [0, 0.05) is 16.7 Å². The third-order valence-electron chi connectivity index (χ3n) is 12.8. The molecule has 1 heterocycles. The summed E-state index contributed by atoms with van der Waals surface area (Å²) in [6.45, 7) is 0. The molecule has 2 aliphatic rings. The summed E-state index contributed by atoms with van der Waals surface area (Å²) >= 11 is 0. The van der Waals surface area contributed by atoms with Crippen molar-refractivity contribution >= 4 is 0 Å². The largest absolute Gasteiger partial charge is 0.228 e. The fourth-order valence-corrected chi connectivity index (χ4v) is 10.1. The van der Waals surface area contributed by atoms with Gasteiger partial charge in [-0.15, -0.1) is 0 Å². The number of aromatic nitrogens is 2. The van der Waals surface area contributed by atoms with Crippen molar-refractivity contribution in [3.8, 4) is 89.5 Å². The quantitative estimate of drug-likeness (QED) is 0.174. The van der Waals surface area contributed by atoms with Gasteiger partial charge in [0.2, 0.25) is 0 Å². The molecule has 0 amide bonds. The van der Waals surface area contributed by atoms with E-state index in [2.05, 4.69) is 231 Å². The van der Waals surface area contributed by atoms with Crippen LogP contribution in [0.25, 0.3) is 89.5 Å². The van der Waals surface area contributed by atoms with Gasteiger partial charge in [-0.1, -0.05) is 212 Å². The zero-order chi connectivity index (χ0) is 40.3. The van der Waals surface area contributed by atoms with Crippen LogP contribution in [-0.2, 0) is 5.41 Å². The Morgan fingerprint density at radius 1 is 0.230 bits per heavy atom. The second-order valence-corrected chi connectivity index (χ2v) is 16.0. The average molecular weight is 775 g/mol. The summed E-state index contributed by atoms with van der Waals surface area (Å²) in [6.07, 6.45) is 0. The molecule has 1 aromatic heterocycles. The monoisotopic (exact) mass is 774 g/mol. The Labute approximate surface area is 356 Å². The van der Waals surface area contributed by atoms with E-state index in [1.54, 1.807) is 0 Å². The predicted octanol–water partition coefficient (Wildman–Crippen LogP) is 14.8. The van der Waals surface area contributed by atoms with E-state index in [4.69, 9.17) is 9.97 Å². The van der Waals surface area contributed by atoms with Crippen molar-refractivity contribution in [1.29, 1.82) is 0 Å². The van der Waals surface area contributed by atoms with Gasteiger partial charge in [0.1, 0.15) is 0 Å². The van der Waals surface area contributed by atoms with Gasteiger partial charge in [-0.2, -0.15) is 0 Å². The van der Waals surface area contributed by atoms with Crippen molar-refractivity contribution in [1.82, 2.24) is 9.97 Å². The predicted molar refractivity (Wildman–Crippen MR) is 251 cm³/mol. The summed E-state index contributed by atoms with van der Waals surface area (Å²) in [7, 11) is 0. The van der Waals surface area contributed by atoms with Crippen LogP contribution in [0.15, 0.2) is 231 Å². The molecule has 0 atom stereocenters. The van der Waals surface area contributed by atoms with E-state index in [-0.39, 0.29) is 0 Å². The molecule has 61 heavy (non-hydrogen) atoms. The maximum absolute atomic E-state index is 5.52. The summed E-state index contributed by atoms with van der Waals surface area (Å²) in [5.74, 6) is 0.684. The van der Waals surface area contributed by atoms with E-state index in [0.717, 1.165) is 44.8 Å². The molecule has 0 bridgehead atoms. The minimum Gasteiger partial charge on any atom is -0.228 e. The highest BCUT2D eigenvalue weighted by molar-refractivity contribution is 5.98. The van der Waals surface area contributed by atoms with Gasteiger partial charge in [-0.05, 0) is 96.1 Å². The van der Waals surface area contributed by atoms with Crippen LogP contribution in [0.1, 0.15) is 22.3 Å². The van der Waals surface area contributed by atoms with Gasteiger partial charge in [0.05, 0.1) is 16.8 Å². The van der Waals surface area contributed by atoms with E-state index in [1.165, 1.54) is 61.2 Å². The van der Waals surface area contributed by atoms with Crippen LogP contribution < -0.4 is 0 Å². The SMILES string of the molecule is c1ccc(-c2cccc(-c3cc(-c4ccccc4-c4ccccc4)nc(-c4ccc5c(c4)C4(c6ccccc6-c6ccccc6-5)c5ccccc5-c5ccccc54)n3)c2)cc1. The molecule has 2 aliphatic carbocycles. The van der Waals surface area contributed by atoms with Gasteiger partial charge < -0.3 is 0 Å². The first-order valence-corrected chi connectivity index (χ1v) is 21.0. The Hall–Kier alpha value is -7.94. The summed E-state index contributed by atoms with van der Waals surface area (Å²) < 4.78 is 0. The van der Waals surface area contributed by atoms with E-state index in [1.807, 2.05) is 0 Å². The van der Waals surface area contributed by atoms with Gasteiger partial charge in [-0.3, -0.25) is 0 Å². The first-order chi connectivity index (χ1) is 30.3. The standard InChI is InChI=1S/C59H38N2/c1-3-18-39(19-4-1)41-22-17-23-42(36-41)56-38-57(51-30-10-7-24-44(51)40-20-5-2-6-21-40)61-58(60-56)43-34-35-50-46-26-9-8-25-45(46)47-27-11-14-31-52(47)59(55(50)37-43)53-32-15-12-28-48(53)49-29-13-16-33-54(49)59/h1-38H. The molecule has 0 saturated carbocycles. The number of fused-ring (bicyclic) bond motifs is 12. The molecule has 0 fully saturated rings. The topological polar surface area (TPSA) is 25.8 Å². The molecule has 284 valence electrons. The van der Waals surface area contributed by atoms with Crippen molar-refractivity contribution in [3.63, 3.8) is 0 Å². The van der Waals surface area contributed by atoms with Crippen LogP contribution in [0.4, 0.5) is 0 Å². The lowest BCUT2D eigenvalue weighted by molar-refractivity contribution is 0.775. The Morgan fingerprint density at radius 2 is 0.672 bits per heavy atom. The summed E-state index contributed by atoms with van der Waals surface area (Å²) in [5, 5.41) is 0. The summed E-state index contributed by atoms with van der Waals surface area (Å²) in [5.41, 5.74) is 21.4. The molecule has 0 saturated heterocycles. The van der Waals surface area contributed by atoms with E-state index < -0.39 is 5.41 Å². The third-order valence-corrected chi connectivity index (χ3v) is 12.8. The van der Waals surface area contributed by atoms with E-state index >= 15 is 0 Å². The second kappa shape index (κ2) is 14.1. The number of nitrogens with zero attached hydrogens (tertiary/aromatic N) is 2. The fraction of sp³-hybridized carbons (Fsp3) is 0.0169. The molecule has 9 aromatic carbocycles. The summed E-state index contributed by atoms with van der Waals surface area (Å²) in [4.78, 5) is 11.0. The van der Waals surface area contributed by atoms with Crippen LogP contribution in [0.2, 0.25) is 0 Å². The maximum Gasteiger partial charge on any atom is 0.160 e. The van der Waals surface area contributed by atoms with Crippen molar-refractivity contribution in [2.45, 2.75) is 5.41 Å². The second-order valence-electron chi connectivity index (χ2n) is 16.0. The highest BCUT2D eigenvalue weighted by Gasteiger charge is 2.49. The zero-order valence-electron chi connectivity index (χ0n) is 33.3. The lowest BCUT2D eigenvalue weighted by Crippen LogP contribution is -2.29. The minimum atomic E-state index is -0.599. The molecule has 0 radical (unpaired) electrons. The van der Waals surface area contributed by atoms with Crippen LogP contribution in [0.5, 0.6) is 0 Å². The molecule has 2 nitrogen and oxygen atoms in total. The number of benzene rings is 9. The first-order valence-electron chi connectivity index (χ1n) is 21.0. The highest BCUT2D eigenvalue weighted by Crippen LogP contribution is 2.61. The van der Waals surface area contributed by atoms with E-state index in [9.17, 15) is 0 Å². The Morgan fingerprint density at radius 3 is 1.30 bits per heavy atom. The zero-order valence-corrected chi connectivity index (χ0v) is 33.3. The number of rotatable bonds is 5. The average Bonchev–Trinajstić information content (AvgIpc) is 3.59. The molecule has 10 aromatic rings. The van der Waals surface area contributed by atoms with Crippen molar-refractivity contribution in [2.24, 2.45) is 0 Å². The summed E-state index contributed by atoms with van der Waals surface area (Å²) in [6, 6.07) is 83.5. The Bertz CT molecular complexity index is 3260. The number of hydrogen-bond acceptors (Lipinski definition) is 2. The molecule has 0 N–H and O–H groups in total. The Balaban J connectivity index is 1.15. The van der Waals surface area contributed by atoms with Gasteiger partial charge >= 0.3 is 0 Å². The molecule has 0 unspecified atom stereocenters. The van der Waals surface area contributed by atoms with Gasteiger partial charge in [0.25, 0.3) is 0 Å². The normalized spacial score (nSPS) is 12.7.